The summed E-state index contributed by atoms with van der Waals surface area (Å²) in [4.78, 5) is 10.7. The number of hydrogen-bond acceptors (Lipinski definition) is 3. The highest BCUT2D eigenvalue weighted by Crippen LogP contribution is 2.25. The first-order valence-corrected chi connectivity index (χ1v) is 6.44. The molecule has 15 heavy (non-hydrogen) atoms. The van der Waals surface area contributed by atoms with E-state index in [9.17, 15) is 13.2 Å². The van der Waals surface area contributed by atoms with Gasteiger partial charge in [-0.1, -0.05) is 6.07 Å². The molecule has 0 atom stereocenters. The second kappa shape index (κ2) is 4.20. The summed E-state index contributed by atoms with van der Waals surface area (Å²) in [7, 11) is 1.40. The molecule has 0 spiro atoms. The quantitative estimate of drug-likeness (QED) is 0.812. The van der Waals surface area contributed by atoms with E-state index in [1.165, 1.54) is 19.1 Å². The number of carbonyl (C=O) groups is 1. The summed E-state index contributed by atoms with van der Waals surface area (Å²) in [6.45, 7) is 3.04. The molecule has 1 aromatic rings. The van der Waals surface area contributed by atoms with Gasteiger partial charge in [0, 0.05) is 17.6 Å². The molecular formula is C9H10ClNO3S. The van der Waals surface area contributed by atoms with Crippen LogP contribution in [0.3, 0.4) is 0 Å². The van der Waals surface area contributed by atoms with Crippen molar-refractivity contribution in [3.05, 3.63) is 23.8 Å². The fourth-order valence-corrected chi connectivity index (χ4v) is 2.22. The van der Waals surface area contributed by atoms with Gasteiger partial charge in [0.15, 0.2) is 0 Å². The first kappa shape index (κ1) is 12.0. The monoisotopic (exact) mass is 247 g/mol. The molecule has 0 aliphatic heterocycles. The highest BCUT2D eigenvalue weighted by atomic mass is 35.7. The molecule has 0 heterocycles. The molecule has 1 aromatic carbocycles. The van der Waals surface area contributed by atoms with Crippen molar-refractivity contribution >= 4 is 31.3 Å². The third-order valence-electron chi connectivity index (χ3n) is 1.71. The van der Waals surface area contributed by atoms with E-state index in [-0.39, 0.29) is 16.5 Å². The Bertz CT molecular complexity index is 496. The molecule has 0 aliphatic carbocycles. The third-order valence-corrected chi connectivity index (χ3v) is 3.07. The molecule has 4 nitrogen and oxygen atoms in total. The van der Waals surface area contributed by atoms with Gasteiger partial charge in [0.05, 0.1) is 5.69 Å². The maximum Gasteiger partial charge on any atom is 0.263 e. The van der Waals surface area contributed by atoms with Crippen LogP contribution in [0.5, 0.6) is 0 Å². The van der Waals surface area contributed by atoms with Crippen molar-refractivity contribution in [2.75, 3.05) is 5.32 Å². The molecule has 0 aliphatic rings. The lowest BCUT2D eigenvalue weighted by atomic mass is 10.2. The van der Waals surface area contributed by atoms with Gasteiger partial charge >= 0.3 is 0 Å². The van der Waals surface area contributed by atoms with Gasteiger partial charge in [0.2, 0.25) is 5.91 Å². The van der Waals surface area contributed by atoms with Crippen LogP contribution in [-0.4, -0.2) is 14.3 Å². The van der Waals surface area contributed by atoms with Crippen molar-refractivity contribution < 1.29 is 13.2 Å². The summed E-state index contributed by atoms with van der Waals surface area (Å²) >= 11 is 0. The maximum absolute atomic E-state index is 11.2. The number of halogens is 1. The van der Waals surface area contributed by atoms with E-state index in [4.69, 9.17) is 10.7 Å². The van der Waals surface area contributed by atoms with Crippen LogP contribution in [0.15, 0.2) is 23.1 Å². The Labute approximate surface area is 92.7 Å². The highest BCUT2D eigenvalue weighted by molar-refractivity contribution is 8.13. The van der Waals surface area contributed by atoms with Gasteiger partial charge in [-0.2, -0.15) is 0 Å². The molecular weight excluding hydrogens is 238 g/mol. The van der Waals surface area contributed by atoms with Crippen LogP contribution in [0.25, 0.3) is 0 Å². The topological polar surface area (TPSA) is 63.2 Å². The van der Waals surface area contributed by atoms with E-state index in [2.05, 4.69) is 5.32 Å². The molecule has 0 bridgehead atoms. The van der Waals surface area contributed by atoms with Crippen LogP contribution in [0.1, 0.15) is 12.5 Å². The van der Waals surface area contributed by atoms with Gasteiger partial charge in [-0.15, -0.1) is 0 Å². The number of amides is 1. The van der Waals surface area contributed by atoms with Gasteiger partial charge < -0.3 is 5.32 Å². The number of aryl methyl sites for hydroxylation is 1. The number of carbonyl (C=O) groups excluding carboxylic acids is 1. The molecule has 0 aromatic heterocycles. The second-order valence-electron chi connectivity index (χ2n) is 3.12. The van der Waals surface area contributed by atoms with Crippen molar-refractivity contribution in [2.24, 2.45) is 0 Å². The fourth-order valence-electron chi connectivity index (χ4n) is 1.12. The van der Waals surface area contributed by atoms with Gasteiger partial charge in [-0.05, 0) is 24.6 Å². The Morgan fingerprint density at radius 3 is 2.47 bits per heavy atom. The number of anilines is 1. The predicted molar refractivity (Wildman–Crippen MR) is 58.5 cm³/mol. The lowest BCUT2D eigenvalue weighted by Crippen LogP contribution is -2.09. The smallest absolute Gasteiger partial charge is 0.263 e. The van der Waals surface area contributed by atoms with Gasteiger partial charge in [-0.3, -0.25) is 4.79 Å². The van der Waals surface area contributed by atoms with E-state index in [1.54, 1.807) is 13.0 Å². The first-order chi connectivity index (χ1) is 6.80. The second-order valence-corrected chi connectivity index (χ2v) is 5.65. The largest absolute Gasteiger partial charge is 0.325 e. The Kier molecular flexibility index (Phi) is 3.36. The molecule has 82 valence electrons. The van der Waals surface area contributed by atoms with Crippen LogP contribution < -0.4 is 5.32 Å². The van der Waals surface area contributed by atoms with Crippen LogP contribution in [0.2, 0.25) is 0 Å². The lowest BCUT2D eigenvalue weighted by molar-refractivity contribution is -0.114. The van der Waals surface area contributed by atoms with Crippen molar-refractivity contribution in [3.8, 4) is 0 Å². The van der Waals surface area contributed by atoms with E-state index in [0.29, 0.717) is 0 Å². The third kappa shape index (κ3) is 3.21. The van der Waals surface area contributed by atoms with E-state index >= 15 is 0 Å². The molecule has 0 saturated carbocycles. The van der Waals surface area contributed by atoms with Gasteiger partial charge in [0.25, 0.3) is 9.05 Å². The summed E-state index contributed by atoms with van der Waals surface area (Å²) in [6, 6.07) is 4.61. The molecule has 0 radical (unpaired) electrons. The van der Waals surface area contributed by atoms with Crippen molar-refractivity contribution in [1.29, 1.82) is 0 Å². The normalized spacial score (nSPS) is 11.1. The van der Waals surface area contributed by atoms with Gasteiger partial charge in [0.1, 0.15) is 4.90 Å². The molecule has 0 saturated heterocycles. The molecule has 0 fully saturated rings. The van der Waals surface area contributed by atoms with Crippen molar-refractivity contribution in [2.45, 2.75) is 18.7 Å². The average Bonchev–Trinajstić information content (AvgIpc) is 2.05. The van der Waals surface area contributed by atoms with Crippen LogP contribution in [-0.2, 0) is 13.8 Å². The Morgan fingerprint density at radius 1 is 1.40 bits per heavy atom. The lowest BCUT2D eigenvalue weighted by Gasteiger charge is -2.07. The summed E-state index contributed by atoms with van der Waals surface area (Å²) in [6.07, 6.45) is 0. The number of benzene rings is 1. The Hall–Kier alpha value is -1.07. The zero-order valence-electron chi connectivity index (χ0n) is 8.24. The highest BCUT2D eigenvalue weighted by Gasteiger charge is 2.16. The molecule has 1 amide bonds. The summed E-state index contributed by atoms with van der Waals surface area (Å²) in [5.74, 6) is -0.347. The maximum atomic E-state index is 11.2. The standard InChI is InChI=1S/C9H10ClNO3S/c1-6-3-4-8(11-7(2)12)9(5-6)15(10,13)14/h3-5H,1-2H3,(H,11,12). The fraction of sp³-hybridized carbons (Fsp3) is 0.222. The van der Waals surface area contributed by atoms with Gasteiger partial charge in [-0.25, -0.2) is 8.42 Å². The number of hydrogen-bond donors (Lipinski definition) is 1. The Morgan fingerprint density at radius 2 is 2.00 bits per heavy atom. The van der Waals surface area contributed by atoms with E-state index < -0.39 is 9.05 Å². The van der Waals surface area contributed by atoms with E-state index in [1.807, 2.05) is 0 Å². The molecule has 6 heteroatoms. The van der Waals surface area contributed by atoms with Crippen molar-refractivity contribution in [3.63, 3.8) is 0 Å². The summed E-state index contributed by atoms with van der Waals surface area (Å²) in [5, 5.41) is 2.40. The molecule has 1 rings (SSSR count). The van der Waals surface area contributed by atoms with Crippen LogP contribution in [0, 0.1) is 6.92 Å². The zero-order chi connectivity index (χ0) is 11.6. The Balaban J connectivity index is 3.33. The molecule has 1 N–H and O–H groups in total. The van der Waals surface area contributed by atoms with Crippen LogP contribution in [0.4, 0.5) is 5.69 Å². The van der Waals surface area contributed by atoms with Crippen molar-refractivity contribution in [1.82, 2.24) is 0 Å². The predicted octanol–water partition coefficient (Wildman–Crippen LogP) is 1.88. The molecule has 0 unspecified atom stereocenters. The number of rotatable bonds is 2. The minimum Gasteiger partial charge on any atom is -0.325 e. The minimum absolute atomic E-state index is 0.0839. The zero-order valence-corrected chi connectivity index (χ0v) is 9.82. The van der Waals surface area contributed by atoms with E-state index in [0.717, 1.165) is 5.56 Å². The SMILES string of the molecule is CC(=O)Nc1ccc(C)cc1S(=O)(=O)Cl. The summed E-state index contributed by atoms with van der Waals surface area (Å²) in [5.41, 5.74) is 0.950. The first-order valence-electron chi connectivity index (χ1n) is 4.13. The average molecular weight is 248 g/mol. The number of nitrogens with one attached hydrogen (secondary N) is 1. The van der Waals surface area contributed by atoms with Crippen LogP contribution >= 0.6 is 10.7 Å². The minimum atomic E-state index is -3.84. The summed E-state index contributed by atoms with van der Waals surface area (Å²) < 4.78 is 22.4.